The Bertz CT molecular complexity index is 937. The zero-order chi connectivity index (χ0) is 26.7. The van der Waals surface area contributed by atoms with Crippen LogP contribution in [0.25, 0.3) is 0 Å². The van der Waals surface area contributed by atoms with Crippen molar-refractivity contribution >= 4 is 23.7 Å². The number of rotatable bonds is 5. The quantitative estimate of drug-likeness (QED) is 0.532. The normalized spacial score (nSPS) is 10.7. The van der Waals surface area contributed by atoms with E-state index in [2.05, 4.69) is 15.3 Å². The second-order valence-corrected chi connectivity index (χ2v) is 6.18. The third-order valence-electron chi connectivity index (χ3n) is 3.69. The van der Waals surface area contributed by atoms with E-state index in [1.807, 2.05) is 17.7 Å². The van der Waals surface area contributed by atoms with E-state index < -0.39 is 24.3 Å². The minimum Gasteiger partial charge on any atom is -0.475 e. The maximum Gasteiger partial charge on any atom is 0.490 e. The lowest BCUT2D eigenvalue weighted by Gasteiger charge is -2.18. The fourth-order valence-electron chi connectivity index (χ4n) is 1.92. The molecule has 0 fully saturated rings. The number of halogens is 6. The SMILES string of the molecule is CNc1cc(C(=O)N(C)CCn2ccnc2C)ccn1.O=C(O)C(F)(F)F.O=C(O)C(F)(F)F. The number of amides is 1. The maximum atomic E-state index is 12.3. The van der Waals surface area contributed by atoms with E-state index in [4.69, 9.17) is 19.8 Å². The molecule has 190 valence electrons. The number of anilines is 1. The van der Waals surface area contributed by atoms with Crippen LogP contribution in [0.15, 0.2) is 30.7 Å². The summed E-state index contributed by atoms with van der Waals surface area (Å²) in [7, 11) is 3.58. The lowest BCUT2D eigenvalue weighted by atomic mass is 10.2. The van der Waals surface area contributed by atoms with Gasteiger partial charge in [0, 0.05) is 51.3 Å². The van der Waals surface area contributed by atoms with Gasteiger partial charge in [0.2, 0.25) is 0 Å². The van der Waals surface area contributed by atoms with Crippen LogP contribution in [0.2, 0.25) is 0 Å². The molecule has 0 saturated heterocycles. The first-order valence-electron chi connectivity index (χ1n) is 8.97. The number of aliphatic carboxylic acids is 2. The number of aryl methyl sites for hydroxylation is 1. The van der Waals surface area contributed by atoms with Crippen molar-refractivity contribution in [1.82, 2.24) is 19.4 Å². The summed E-state index contributed by atoms with van der Waals surface area (Å²) in [6.45, 7) is 3.31. The zero-order valence-corrected chi connectivity index (χ0v) is 18.0. The van der Waals surface area contributed by atoms with Crippen LogP contribution in [0.4, 0.5) is 32.2 Å². The summed E-state index contributed by atoms with van der Waals surface area (Å²) in [4.78, 5) is 40.1. The lowest BCUT2D eigenvalue weighted by molar-refractivity contribution is -0.193. The molecule has 0 atom stereocenters. The van der Waals surface area contributed by atoms with Crippen molar-refractivity contribution < 1.29 is 50.9 Å². The zero-order valence-electron chi connectivity index (χ0n) is 18.0. The van der Waals surface area contributed by atoms with Gasteiger partial charge in [-0.1, -0.05) is 0 Å². The van der Waals surface area contributed by atoms with Gasteiger partial charge in [0.15, 0.2) is 0 Å². The first-order valence-corrected chi connectivity index (χ1v) is 8.97. The summed E-state index contributed by atoms with van der Waals surface area (Å²) in [5.74, 6) is -3.89. The highest BCUT2D eigenvalue weighted by molar-refractivity contribution is 5.94. The summed E-state index contributed by atoms with van der Waals surface area (Å²) in [5.41, 5.74) is 0.634. The minimum absolute atomic E-state index is 0.0123. The Kier molecular flexibility index (Phi) is 11.5. The second kappa shape index (κ2) is 13.0. The molecule has 0 aromatic carbocycles. The number of carbonyl (C=O) groups excluding carboxylic acids is 1. The first-order chi connectivity index (χ1) is 15.5. The number of nitrogens with one attached hydrogen (secondary N) is 1. The van der Waals surface area contributed by atoms with E-state index in [-0.39, 0.29) is 5.91 Å². The average molecular weight is 501 g/mol. The summed E-state index contributed by atoms with van der Waals surface area (Å²) in [6, 6.07) is 3.48. The van der Waals surface area contributed by atoms with Gasteiger partial charge in [-0.05, 0) is 19.1 Å². The van der Waals surface area contributed by atoms with Gasteiger partial charge < -0.3 is 25.0 Å². The van der Waals surface area contributed by atoms with Gasteiger partial charge in [0.1, 0.15) is 11.6 Å². The molecule has 0 aliphatic carbocycles. The van der Waals surface area contributed by atoms with Crippen LogP contribution in [-0.2, 0) is 16.1 Å². The predicted molar refractivity (Wildman–Crippen MR) is 105 cm³/mol. The Morgan fingerprint density at radius 2 is 1.53 bits per heavy atom. The molecular formula is C18H21F6N5O5. The molecule has 0 aliphatic rings. The number of alkyl halides is 6. The van der Waals surface area contributed by atoms with Crippen molar-refractivity contribution in [3.05, 3.63) is 42.1 Å². The second-order valence-electron chi connectivity index (χ2n) is 6.18. The fourth-order valence-corrected chi connectivity index (χ4v) is 1.92. The van der Waals surface area contributed by atoms with Gasteiger partial charge in [-0.2, -0.15) is 26.3 Å². The Morgan fingerprint density at radius 1 is 1.03 bits per heavy atom. The van der Waals surface area contributed by atoms with Gasteiger partial charge in [0.05, 0.1) is 0 Å². The molecule has 0 saturated carbocycles. The molecule has 2 aromatic heterocycles. The van der Waals surface area contributed by atoms with Crippen molar-refractivity contribution in [2.24, 2.45) is 0 Å². The predicted octanol–water partition coefficient (Wildman–Crippen LogP) is 2.67. The molecule has 0 unspecified atom stereocenters. The number of carboxylic acids is 2. The van der Waals surface area contributed by atoms with Crippen molar-refractivity contribution in [1.29, 1.82) is 0 Å². The van der Waals surface area contributed by atoms with Gasteiger partial charge in [-0.3, -0.25) is 4.79 Å². The number of pyridine rings is 1. The number of hydrogen-bond donors (Lipinski definition) is 3. The van der Waals surface area contributed by atoms with Crippen molar-refractivity contribution in [2.75, 3.05) is 26.0 Å². The first kappa shape index (κ1) is 30.1. The molecule has 0 aliphatic heterocycles. The Balaban J connectivity index is 0.000000642. The summed E-state index contributed by atoms with van der Waals surface area (Å²) < 4.78 is 65.5. The number of imidazole rings is 1. The minimum atomic E-state index is -5.08. The average Bonchev–Trinajstić information content (AvgIpc) is 3.15. The van der Waals surface area contributed by atoms with Gasteiger partial charge in [-0.25, -0.2) is 19.6 Å². The summed E-state index contributed by atoms with van der Waals surface area (Å²) in [6.07, 6.45) is -4.86. The molecule has 0 bridgehead atoms. The summed E-state index contributed by atoms with van der Waals surface area (Å²) in [5, 5.41) is 17.2. The molecule has 10 nitrogen and oxygen atoms in total. The van der Waals surface area contributed by atoms with Gasteiger partial charge in [-0.15, -0.1) is 0 Å². The highest BCUT2D eigenvalue weighted by atomic mass is 19.4. The molecular weight excluding hydrogens is 480 g/mol. The Labute approximate surface area is 188 Å². The van der Waals surface area contributed by atoms with E-state index in [0.29, 0.717) is 17.9 Å². The van der Waals surface area contributed by atoms with Crippen LogP contribution in [-0.4, -0.2) is 80.5 Å². The summed E-state index contributed by atoms with van der Waals surface area (Å²) >= 11 is 0. The van der Waals surface area contributed by atoms with Crippen molar-refractivity contribution in [3.63, 3.8) is 0 Å². The van der Waals surface area contributed by atoms with Gasteiger partial charge in [0.25, 0.3) is 5.91 Å². The standard InChI is InChI=1S/C14H19N5O.2C2HF3O2/c1-11-16-6-7-19(11)9-8-18(3)14(20)12-4-5-17-13(10-12)15-2;2*3-2(4,5)1(6)7/h4-7,10H,8-9H2,1-3H3,(H,15,17);2*(H,6,7). The highest BCUT2D eigenvalue weighted by Crippen LogP contribution is 2.13. The van der Waals surface area contributed by atoms with Crippen molar-refractivity contribution in [2.45, 2.75) is 25.8 Å². The number of hydrogen-bond acceptors (Lipinski definition) is 6. The van der Waals surface area contributed by atoms with Crippen LogP contribution in [0, 0.1) is 6.92 Å². The van der Waals surface area contributed by atoms with Crippen LogP contribution >= 0.6 is 0 Å². The molecule has 0 radical (unpaired) electrons. The van der Waals surface area contributed by atoms with Crippen LogP contribution in [0.5, 0.6) is 0 Å². The van der Waals surface area contributed by atoms with Gasteiger partial charge >= 0.3 is 24.3 Å². The Morgan fingerprint density at radius 3 is 1.91 bits per heavy atom. The van der Waals surface area contributed by atoms with E-state index in [9.17, 15) is 31.1 Å². The molecule has 34 heavy (non-hydrogen) atoms. The number of likely N-dealkylation sites (N-methyl/N-ethyl adjacent to an activating group) is 1. The number of aromatic nitrogens is 3. The lowest BCUT2D eigenvalue weighted by Crippen LogP contribution is -2.30. The monoisotopic (exact) mass is 501 g/mol. The molecule has 0 spiro atoms. The number of carboxylic acid groups (broad SMARTS) is 2. The molecule has 3 N–H and O–H groups in total. The van der Waals surface area contributed by atoms with Crippen LogP contribution in [0.3, 0.4) is 0 Å². The molecule has 2 rings (SSSR count). The molecule has 1 amide bonds. The molecule has 2 aromatic rings. The fraction of sp³-hybridized carbons (Fsp3) is 0.389. The Hall–Kier alpha value is -3.85. The molecule has 16 heteroatoms. The maximum absolute atomic E-state index is 12.3. The van der Waals surface area contributed by atoms with E-state index >= 15 is 0 Å². The third kappa shape index (κ3) is 11.1. The smallest absolute Gasteiger partial charge is 0.475 e. The number of carbonyl (C=O) groups is 3. The number of nitrogens with zero attached hydrogens (tertiary/aromatic N) is 4. The largest absolute Gasteiger partial charge is 0.490 e. The van der Waals surface area contributed by atoms with E-state index in [0.717, 1.165) is 12.4 Å². The molecule has 2 heterocycles. The topological polar surface area (TPSA) is 138 Å². The van der Waals surface area contributed by atoms with E-state index in [1.165, 1.54) is 0 Å². The van der Waals surface area contributed by atoms with E-state index in [1.54, 1.807) is 43.5 Å². The van der Waals surface area contributed by atoms with Crippen LogP contribution in [0.1, 0.15) is 16.2 Å². The van der Waals surface area contributed by atoms with Crippen molar-refractivity contribution in [3.8, 4) is 0 Å². The third-order valence-corrected chi connectivity index (χ3v) is 3.69. The highest BCUT2D eigenvalue weighted by Gasteiger charge is 2.38. The van der Waals surface area contributed by atoms with Crippen LogP contribution < -0.4 is 5.32 Å².